The summed E-state index contributed by atoms with van der Waals surface area (Å²) in [6.07, 6.45) is 3.79. The van der Waals surface area contributed by atoms with Crippen LogP contribution in [-0.4, -0.2) is 35.6 Å². The van der Waals surface area contributed by atoms with Crippen molar-refractivity contribution in [3.8, 4) is 0 Å². The molecule has 0 aromatic heterocycles. The molecule has 0 aromatic carbocycles. The topological polar surface area (TPSA) is 87.5 Å². The largest absolute Gasteiger partial charge is 0.353 e. The molecule has 1 atom stereocenters. The van der Waals surface area contributed by atoms with Gasteiger partial charge in [-0.25, -0.2) is 5.43 Å². The lowest BCUT2D eigenvalue weighted by Gasteiger charge is -2.39. The van der Waals surface area contributed by atoms with Crippen molar-refractivity contribution in [2.24, 2.45) is 5.73 Å². The first-order valence-corrected chi connectivity index (χ1v) is 5.77. The van der Waals surface area contributed by atoms with Crippen molar-refractivity contribution in [1.82, 2.24) is 15.8 Å². The zero-order valence-corrected chi connectivity index (χ0v) is 9.29. The van der Waals surface area contributed by atoms with Gasteiger partial charge in [-0.3, -0.25) is 14.6 Å². The number of hydrazine groups is 1. The molecule has 0 radical (unpaired) electrons. The molecule has 6 nitrogen and oxygen atoms in total. The van der Waals surface area contributed by atoms with Gasteiger partial charge in [-0.05, 0) is 25.7 Å². The van der Waals surface area contributed by atoms with Crippen LogP contribution in [-0.2, 0) is 9.59 Å². The Labute approximate surface area is 94.5 Å². The Hall–Kier alpha value is -1.14. The van der Waals surface area contributed by atoms with Crippen molar-refractivity contribution in [3.05, 3.63) is 0 Å². The summed E-state index contributed by atoms with van der Waals surface area (Å²) in [6, 6.07) is 0. The molecule has 0 aliphatic carbocycles. The summed E-state index contributed by atoms with van der Waals surface area (Å²) in [6.45, 7) is 1.29. The van der Waals surface area contributed by atoms with Gasteiger partial charge in [0.15, 0.2) is 5.66 Å². The first-order chi connectivity index (χ1) is 7.62. The molecule has 90 valence electrons. The molecule has 16 heavy (non-hydrogen) atoms. The van der Waals surface area contributed by atoms with E-state index in [1.54, 1.807) is 0 Å². The lowest BCUT2D eigenvalue weighted by Crippen LogP contribution is -2.70. The average Bonchev–Trinajstić information content (AvgIpc) is 2.26. The van der Waals surface area contributed by atoms with E-state index in [9.17, 15) is 9.59 Å². The van der Waals surface area contributed by atoms with Gasteiger partial charge >= 0.3 is 0 Å². The van der Waals surface area contributed by atoms with E-state index in [1.807, 2.05) is 0 Å². The highest BCUT2D eigenvalue weighted by molar-refractivity contribution is 5.87. The Bertz CT molecular complexity index is 307. The summed E-state index contributed by atoms with van der Waals surface area (Å²) in [7, 11) is 0. The van der Waals surface area contributed by atoms with Gasteiger partial charge in [0.2, 0.25) is 5.91 Å². The zero-order chi connectivity index (χ0) is 11.6. The number of nitrogens with two attached hydrogens (primary N) is 1. The first-order valence-electron chi connectivity index (χ1n) is 5.77. The molecule has 2 saturated heterocycles. The molecule has 2 rings (SSSR count). The van der Waals surface area contributed by atoms with Crippen LogP contribution in [0.3, 0.4) is 0 Å². The smallest absolute Gasteiger partial charge is 0.256 e. The molecule has 2 amide bonds. The van der Waals surface area contributed by atoms with Crippen LogP contribution < -0.4 is 16.5 Å². The summed E-state index contributed by atoms with van der Waals surface area (Å²) in [5.41, 5.74) is 7.74. The molecule has 0 spiro atoms. The van der Waals surface area contributed by atoms with E-state index in [0.717, 1.165) is 19.3 Å². The predicted octanol–water partition coefficient (Wildman–Crippen LogP) is -0.931. The van der Waals surface area contributed by atoms with E-state index in [-0.39, 0.29) is 11.8 Å². The number of hydrogen-bond donors (Lipinski definition) is 3. The quantitative estimate of drug-likeness (QED) is 0.531. The van der Waals surface area contributed by atoms with E-state index in [4.69, 9.17) is 5.73 Å². The fraction of sp³-hybridized carbons (Fsp3) is 0.800. The van der Waals surface area contributed by atoms with Crippen molar-refractivity contribution in [1.29, 1.82) is 0 Å². The molecule has 0 bridgehead atoms. The maximum Gasteiger partial charge on any atom is 0.256 e. The van der Waals surface area contributed by atoms with E-state index in [0.29, 0.717) is 25.9 Å². The minimum Gasteiger partial charge on any atom is -0.353 e. The molecule has 0 unspecified atom stereocenters. The lowest BCUT2D eigenvalue weighted by atomic mass is 10.0. The fourth-order valence-corrected chi connectivity index (χ4v) is 2.11. The van der Waals surface area contributed by atoms with Gasteiger partial charge in [0.1, 0.15) is 0 Å². The zero-order valence-electron chi connectivity index (χ0n) is 9.29. The molecule has 6 heteroatoms. The number of amides is 2. The standard InChI is InChI=1S/C10H18N4O2/c11-10(5-3-6-12-9(10)16)13-14-7-2-1-4-8(14)15/h13H,1-7,11H2,(H,12,16)/t10-/m0/s1. The minimum atomic E-state index is -1.12. The summed E-state index contributed by atoms with van der Waals surface area (Å²) in [5, 5.41) is 4.21. The lowest BCUT2D eigenvalue weighted by molar-refractivity contribution is -0.144. The van der Waals surface area contributed by atoms with Crippen LogP contribution in [0.2, 0.25) is 0 Å². The molecule has 0 saturated carbocycles. The Morgan fingerprint density at radius 1 is 1.31 bits per heavy atom. The van der Waals surface area contributed by atoms with Crippen LogP contribution in [0.15, 0.2) is 0 Å². The third-order valence-corrected chi connectivity index (χ3v) is 3.10. The summed E-state index contributed by atoms with van der Waals surface area (Å²) in [5.74, 6) is -0.202. The van der Waals surface area contributed by atoms with Crippen LogP contribution in [0.25, 0.3) is 0 Å². The van der Waals surface area contributed by atoms with Crippen LogP contribution >= 0.6 is 0 Å². The van der Waals surface area contributed by atoms with Gasteiger partial charge in [0, 0.05) is 19.5 Å². The Balaban J connectivity index is 2.01. The van der Waals surface area contributed by atoms with Gasteiger partial charge in [0.05, 0.1) is 0 Å². The van der Waals surface area contributed by atoms with Gasteiger partial charge in [-0.15, -0.1) is 0 Å². The SMILES string of the molecule is N[C@]1(NN2CCCCC2=O)CCCNC1=O. The van der Waals surface area contributed by atoms with E-state index < -0.39 is 5.66 Å². The van der Waals surface area contributed by atoms with E-state index >= 15 is 0 Å². The minimum absolute atomic E-state index is 0.0226. The second-order valence-electron chi connectivity index (χ2n) is 4.45. The van der Waals surface area contributed by atoms with E-state index in [1.165, 1.54) is 5.01 Å². The summed E-state index contributed by atoms with van der Waals surface area (Å²) in [4.78, 5) is 23.3. The number of rotatable bonds is 2. The summed E-state index contributed by atoms with van der Waals surface area (Å²) < 4.78 is 0. The van der Waals surface area contributed by atoms with Crippen molar-refractivity contribution < 1.29 is 9.59 Å². The maximum atomic E-state index is 11.7. The second kappa shape index (κ2) is 4.39. The molecule has 2 aliphatic heterocycles. The van der Waals surface area contributed by atoms with Crippen molar-refractivity contribution in [2.75, 3.05) is 13.1 Å². The molecule has 2 fully saturated rings. The maximum absolute atomic E-state index is 11.7. The number of nitrogens with one attached hydrogen (secondary N) is 2. The average molecular weight is 226 g/mol. The highest BCUT2D eigenvalue weighted by Gasteiger charge is 2.39. The molecule has 2 heterocycles. The number of hydrogen-bond acceptors (Lipinski definition) is 4. The molecular formula is C10H18N4O2. The van der Waals surface area contributed by atoms with Crippen LogP contribution in [0.5, 0.6) is 0 Å². The van der Waals surface area contributed by atoms with E-state index in [2.05, 4.69) is 10.7 Å². The number of piperidine rings is 2. The number of nitrogens with zero attached hydrogens (tertiary/aromatic N) is 1. The Morgan fingerprint density at radius 3 is 2.81 bits per heavy atom. The van der Waals surface area contributed by atoms with Gasteiger partial charge in [-0.1, -0.05) is 0 Å². The highest BCUT2D eigenvalue weighted by atomic mass is 16.2. The molecular weight excluding hydrogens is 208 g/mol. The van der Waals surface area contributed by atoms with Crippen LogP contribution in [0.4, 0.5) is 0 Å². The highest BCUT2D eigenvalue weighted by Crippen LogP contribution is 2.15. The van der Waals surface area contributed by atoms with Gasteiger partial charge in [0.25, 0.3) is 5.91 Å². The van der Waals surface area contributed by atoms with Crippen molar-refractivity contribution >= 4 is 11.8 Å². The monoisotopic (exact) mass is 226 g/mol. The van der Waals surface area contributed by atoms with Crippen molar-refractivity contribution in [2.45, 2.75) is 37.8 Å². The van der Waals surface area contributed by atoms with Gasteiger partial charge in [-0.2, -0.15) is 0 Å². The fourth-order valence-electron chi connectivity index (χ4n) is 2.11. The number of carbonyl (C=O) groups is 2. The van der Waals surface area contributed by atoms with Crippen LogP contribution in [0, 0.1) is 0 Å². The summed E-state index contributed by atoms with van der Waals surface area (Å²) >= 11 is 0. The Kier molecular flexibility index (Phi) is 3.11. The normalized spacial score (nSPS) is 31.4. The van der Waals surface area contributed by atoms with Gasteiger partial charge < -0.3 is 11.1 Å². The number of carbonyl (C=O) groups excluding carboxylic acids is 2. The molecule has 4 N–H and O–H groups in total. The predicted molar refractivity (Wildman–Crippen MR) is 57.9 cm³/mol. The third-order valence-electron chi connectivity index (χ3n) is 3.10. The Morgan fingerprint density at radius 2 is 2.12 bits per heavy atom. The second-order valence-corrected chi connectivity index (χ2v) is 4.45. The third kappa shape index (κ3) is 2.17. The van der Waals surface area contributed by atoms with Crippen molar-refractivity contribution in [3.63, 3.8) is 0 Å². The van der Waals surface area contributed by atoms with Crippen LogP contribution in [0.1, 0.15) is 32.1 Å². The molecule has 2 aliphatic rings. The molecule has 0 aromatic rings. The first kappa shape index (κ1) is 11.3.